The van der Waals surface area contributed by atoms with Gasteiger partial charge in [-0.05, 0) is 23.0 Å². The second-order valence-corrected chi connectivity index (χ2v) is 6.50. The van der Waals surface area contributed by atoms with Gasteiger partial charge in [0.2, 0.25) is 5.91 Å². The third kappa shape index (κ3) is 5.70. The average molecular weight is 344 g/mol. The number of benzene rings is 1. The van der Waals surface area contributed by atoms with E-state index < -0.39 is 5.97 Å². The van der Waals surface area contributed by atoms with Gasteiger partial charge >= 0.3 is 5.97 Å². The van der Waals surface area contributed by atoms with Crippen molar-refractivity contribution in [1.29, 1.82) is 0 Å². The molecule has 0 bridgehead atoms. The molecule has 1 aromatic heterocycles. The number of carboxylic acid groups (broad SMARTS) is 1. The number of carbonyl (C=O) groups is 2. The lowest BCUT2D eigenvalue weighted by Crippen LogP contribution is -2.24. The molecule has 1 atom stereocenters. The summed E-state index contributed by atoms with van der Waals surface area (Å²) in [6.45, 7) is 6.31. The van der Waals surface area contributed by atoms with Crippen molar-refractivity contribution >= 4 is 11.9 Å². The van der Waals surface area contributed by atoms with Gasteiger partial charge in [0, 0.05) is 6.42 Å². The van der Waals surface area contributed by atoms with Gasteiger partial charge in [-0.3, -0.25) is 9.59 Å². The molecule has 0 spiro atoms. The summed E-state index contributed by atoms with van der Waals surface area (Å²) in [6.07, 6.45) is 1.90. The summed E-state index contributed by atoms with van der Waals surface area (Å²) < 4.78 is 1.22. The van der Waals surface area contributed by atoms with Crippen LogP contribution in [-0.2, 0) is 22.7 Å². The zero-order valence-corrected chi connectivity index (χ0v) is 14.8. The minimum atomic E-state index is -0.988. The molecule has 1 heterocycles. The van der Waals surface area contributed by atoms with Crippen molar-refractivity contribution in [2.45, 2.75) is 52.1 Å². The predicted molar refractivity (Wildman–Crippen MR) is 93.1 cm³/mol. The minimum Gasteiger partial charge on any atom is -0.480 e. The highest BCUT2D eigenvalue weighted by molar-refractivity contribution is 5.76. The van der Waals surface area contributed by atoms with Crippen LogP contribution < -0.4 is 5.32 Å². The first-order valence-corrected chi connectivity index (χ1v) is 8.32. The number of carbonyl (C=O) groups excluding carboxylic acids is 1. The maximum Gasteiger partial charge on any atom is 0.325 e. The molecule has 0 radical (unpaired) electrons. The first-order chi connectivity index (χ1) is 11.8. The van der Waals surface area contributed by atoms with Crippen LogP contribution in [0.3, 0.4) is 0 Å². The first-order valence-electron chi connectivity index (χ1n) is 8.32. The van der Waals surface area contributed by atoms with Crippen LogP contribution in [0.2, 0.25) is 0 Å². The molecule has 0 aliphatic carbocycles. The van der Waals surface area contributed by atoms with Gasteiger partial charge in [-0.25, -0.2) is 4.68 Å². The summed E-state index contributed by atoms with van der Waals surface area (Å²) >= 11 is 0. The SMILES string of the molecule is CC(C)c1ccc(C(C)CC(=O)NCc2cn(CC(=O)O)nn2)cc1. The van der Waals surface area contributed by atoms with Crippen molar-refractivity contribution in [2.75, 3.05) is 0 Å². The third-order valence-electron chi connectivity index (χ3n) is 4.01. The van der Waals surface area contributed by atoms with Gasteiger partial charge in [0.15, 0.2) is 0 Å². The summed E-state index contributed by atoms with van der Waals surface area (Å²) in [7, 11) is 0. The van der Waals surface area contributed by atoms with Gasteiger partial charge in [0.05, 0.1) is 12.7 Å². The van der Waals surface area contributed by atoms with E-state index in [9.17, 15) is 9.59 Å². The van der Waals surface area contributed by atoms with Crippen molar-refractivity contribution in [3.05, 3.63) is 47.3 Å². The van der Waals surface area contributed by atoms with Crippen LogP contribution in [-0.4, -0.2) is 32.0 Å². The van der Waals surface area contributed by atoms with Crippen molar-refractivity contribution in [3.8, 4) is 0 Å². The van der Waals surface area contributed by atoms with E-state index in [0.29, 0.717) is 18.0 Å². The van der Waals surface area contributed by atoms with E-state index in [2.05, 4.69) is 53.7 Å². The third-order valence-corrected chi connectivity index (χ3v) is 4.01. The molecule has 0 aliphatic rings. The van der Waals surface area contributed by atoms with E-state index in [0.717, 1.165) is 5.56 Å². The molecule has 1 amide bonds. The van der Waals surface area contributed by atoms with Crippen LogP contribution in [0.25, 0.3) is 0 Å². The lowest BCUT2D eigenvalue weighted by Gasteiger charge is -2.13. The number of aromatic nitrogens is 3. The molecular weight excluding hydrogens is 320 g/mol. The van der Waals surface area contributed by atoms with Crippen LogP contribution in [0.1, 0.15) is 55.8 Å². The Hall–Kier alpha value is -2.70. The summed E-state index contributed by atoms with van der Waals surface area (Å²) in [6, 6.07) is 8.36. The zero-order valence-electron chi connectivity index (χ0n) is 14.8. The van der Waals surface area contributed by atoms with Crippen LogP contribution in [0.5, 0.6) is 0 Å². The van der Waals surface area contributed by atoms with Gasteiger partial charge in [-0.2, -0.15) is 0 Å². The highest BCUT2D eigenvalue weighted by atomic mass is 16.4. The Morgan fingerprint density at radius 3 is 2.40 bits per heavy atom. The Labute approximate surface area is 147 Å². The second-order valence-electron chi connectivity index (χ2n) is 6.50. The summed E-state index contributed by atoms with van der Waals surface area (Å²) in [5.74, 6) is -0.461. The van der Waals surface area contributed by atoms with Gasteiger partial charge in [0.1, 0.15) is 12.2 Å². The normalized spacial score (nSPS) is 12.2. The van der Waals surface area contributed by atoms with Crippen LogP contribution in [0, 0.1) is 0 Å². The molecule has 0 fully saturated rings. The first kappa shape index (κ1) is 18.6. The molecular formula is C18H24N4O3. The maximum atomic E-state index is 12.1. The highest BCUT2D eigenvalue weighted by Crippen LogP contribution is 2.22. The van der Waals surface area contributed by atoms with Crippen molar-refractivity contribution in [3.63, 3.8) is 0 Å². The molecule has 7 heteroatoms. The fraction of sp³-hybridized carbons (Fsp3) is 0.444. The monoisotopic (exact) mass is 344 g/mol. The molecule has 1 unspecified atom stereocenters. The van der Waals surface area contributed by atoms with Crippen molar-refractivity contribution < 1.29 is 14.7 Å². The summed E-state index contributed by atoms with van der Waals surface area (Å²) in [5.41, 5.74) is 2.94. The van der Waals surface area contributed by atoms with E-state index in [1.54, 1.807) is 0 Å². The van der Waals surface area contributed by atoms with Gasteiger partial charge < -0.3 is 10.4 Å². The lowest BCUT2D eigenvalue weighted by molar-refractivity contribution is -0.138. The second kappa shape index (κ2) is 8.41. The Kier molecular flexibility index (Phi) is 6.27. The maximum absolute atomic E-state index is 12.1. The Balaban J connectivity index is 1.83. The standard InChI is InChI=1S/C18H24N4O3/c1-12(2)14-4-6-15(7-5-14)13(3)8-17(23)19-9-16-10-22(21-20-16)11-18(24)25/h4-7,10,12-13H,8-9,11H2,1-3H3,(H,19,23)(H,24,25). The zero-order chi connectivity index (χ0) is 18.4. The molecule has 0 aliphatic heterocycles. The number of hydrogen-bond donors (Lipinski definition) is 2. The van der Waals surface area contributed by atoms with Crippen LogP contribution in [0.4, 0.5) is 0 Å². The van der Waals surface area contributed by atoms with E-state index in [1.807, 2.05) is 6.92 Å². The summed E-state index contributed by atoms with van der Waals surface area (Å²) in [4.78, 5) is 22.7. The van der Waals surface area contributed by atoms with Crippen molar-refractivity contribution in [2.24, 2.45) is 0 Å². The van der Waals surface area contributed by atoms with Gasteiger partial charge in [0.25, 0.3) is 0 Å². The quantitative estimate of drug-likeness (QED) is 0.766. The topological polar surface area (TPSA) is 97.1 Å². The molecule has 2 N–H and O–H groups in total. The lowest BCUT2D eigenvalue weighted by atomic mass is 9.94. The largest absolute Gasteiger partial charge is 0.480 e. The molecule has 1 aromatic carbocycles. The van der Waals surface area contributed by atoms with Gasteiger partial charge in [-0.15, -0.1) is 5.10 Å². The number of aliphatic carboxylic acids is 1. The number of hydrogen-bond acceptors (Lipinski definition) is 4. The van der Waals surface area contributed by atoms with Crippen LogP contribution in [0.15, 0.2) is 30.5 Å². The fourth-order valence-corrected chi connectivity index (χ4v) is 2.50. The molecule has 7 nitrogen and oxygen atoms in total. The van der Waals surface area contributed by atoms with Crippen LogP contribution >= 0.6 is 0 Å². The molecule has 0 saturated heterocycles. The Morgan fingerprint density at radius 1 is 1.16 bits per heavy atom. The number of nitrogens with one attached hydrogen (secondary N) is 1. The van der Waals surface area contributed by atoms with E-state index in [1.165, 1.54) is 16.4 Å². The number of rotatable bonds is 8. The minimum absolute atomic E-state index is 0.0757. The van der Waals surface area contributed by atoms with E-state index in [4.69, 9.17) is 5.11 Å². The summed E-state index contributed by atoms with van der Waals surface area (Å²) in [5, 5.41) is 19.0. The molecule has 25 heavy (non-hydrogen) atoms. The average Bonchev–Trinajstić information content (AvgIpc) is 2.99. The number of nitrogens with zero attached hydrogens (tertiary/aromatic N) is 3. The Bertz CT molecular complexity index is 722. The molecule has 134 valence electrons. The van der Waals surface area contributed by atoms with Gasteiger partial charge in [-0.1, -0.05) is 50.3 Å². The van der Waals surface area contributed by atoms with E-state index >= 15 is 0 Å². The number of amides is 1. The predicted octanol–water partition coefficient (Wildman–Crippen LogP) is 2.30. The highest BCUT2D eigenvalue weighted by Gasteiger charge is 2.12. The smallest absolute Gasteiger partial charge is 0.325 e. The Morgan fingerprint density at radius 2 is 1.80 bits per heavy atom. The molecule has 2 rings (SSSR count). The molecule has 2 aromatic rings. The molecule has 0 saturated carbocycles. The fourth-order valence-electron chi connectivity index (χ4n) is 2.50. The number of carboxylic acids is 1. The van der Waals surface area contributed by atoms with Crippen molar-refractivity contribution in [1.82, 2.24) is 20.3 Å². The van der Waals surface area contributed by atoms with E-state index in [-0.39, 0.29) is 24.9 Å².